The molecule has 1 saturated heterocycles. The van der Waals surface area contributed by atoms with Gasteiger partial charge in [-0.25, -0.2) is 4.39 Å². The van der Waals surface area contributed by atoms with Gasteiger partial charge in [-0.3, -0.25) is 19.3 Å². The fourth-order valence-corrected chi connectivity index (χ4v) is 7.25. The third-order valence-corrected chi connectivity index (χ3v) is 9.21. The van der Waals surface area contributed by atoms with Crippen LogP contribution in [0.1, 0.15) is 59.6 Å². The van der Waals surface area contributed by atoms with Crippen LogP contribution in [0.4, 0.5) is 4.39 Å². The van der Waals surface area contributed by atoms with Gasteiger partial charge in [-0.2, -0.15) is 0 Å². The van der Waals surface area contributed by atoms with Crippen LogP contribution in [-0.4, -0.2) is 87.5 Å². The summed E-state index contributed by atoms with van der Waals surface area (Å²) in [5.41, 5.74) is -0.00333. The third-order valence-electron chi connectivity index (χ3n) is 9.21. The summed E-state index contributed by atoms with van der Waals surface area (Å²) in [7, 11) is 5.42. The number of hydrogen-bond donors (Lipinski definition) is 5. The van der Waals surface area contributed by atoms with Gasteiger partial charge in [-0.1, -0.05) is 0 Å². The SMILES string of the molecule is CN(C)CC[C@]12CC(O)=C(C(N)=O)C(=O)[C@@]1(O)C(O)=C1C(=O)c3c(O)cc(C4CCCN4C)c(F)c3CC1C2. The first-order chi connectivity index (χ1) is 18.2. The number of Topliss-reactive ketones (excluding diaryl/α,β-unsaturated/α-hetero) is 2. The van der Waals surface area contributed by atoms with Gasteiger partial charge in [0.25, 0.3) is 5.91 Å². The number of ketones is 2. The van der Waals surface area contributed by atoms with E-state index in [0.29, 0.717) is 18.5 Å². The second-order valence-electron chi connectivity index (χ2n) is 11.7. The number of carbonyl (C=O) groups is 3. The molecule has 0 aromatic heterocycles. The number of benzene rings is 1. The van der Waals surface area contributed by atoms with Gasteiger partial charge in [-0.05, 0) is 78.3 Å². The first-order valence-corrected chi connectivity index (χ1v) is 13.1. The Kier molecular flexibility index (Phi) is 6.40. The van der Waals surface area contributed by atoms with E-state index in [0.717, 1.165) is 13.0 Å². The van der Waals surface area contributed by atoms with Crippen molar-refractivity contribution in [3.8, 4) is 5.75 Å². The van der Waals surface area contributed by atoms with Crippen molar-refractivity contribution in [1.82, 2.24) is 9.80 Å². The second kappa shape index (κ2) is 9.14. The Balaban J connectivity index is 1.70. The summed E-state index contributed by atoms with van der Waals surface area (Å²) in [6.07, 6.45) is 1.20. The van der Waals surface area contributed by atoms with E-state index < -0.39 is 63.1 Å². The largest absolute Gasteiger partial charge is 0.511 e. The summed E-state index contributed by atoms with van der Waals surface area (Å²) in [6, 6.07) is 0.988. The number of rotatable bonds is 5. The minimum atomic E-state index is -2.72. The smallest absolute Gasteiger partial charge is 0.255 e. The number of phenolic OH excluding ortho intramolecular Hbond substituents is 1. The lowest BCUT2D eigenvalue weighted by atomic mass is 9.51. The number of aliphatic hydroxyl groups is 3. The van der Waals surface area contributed by atoms with E-state index in [1.807, 2.05) is 11.9 Å². The Hall–Kier alpha value is -3.28. The van der Waals surface area contributed by atoms with E-state index in [2.05, 4.69) is 0 Å². The van der Waals surface area contributed by atoms with Crippen LogP contribution in [0.25, 0.3) is 0 Å². The first kappa shape index (κ1) is 27.3. The average molecular weight is 544 g/mol. The first-order valence-electron chi connectivity index (χ1n) is 13.1. The molecule has 1 fully saturated rings. The number of nitrogens with two attached hydrogens (primary N) is 1. The summed E-state index contributed by atoms with van der Waals surface area (Å²) >= 11 is 0. The number of aromatic hydroxyl groups is 1. The summed E-state index contributed by atoms with van der Waals surface area (Å²) in [5.74, 6) is -6.81. The molecule has 0 bridgehead atoms. The van der Waals surface area contributed by atoms with Gasteiger partial charge in [0, 0.05) is 34.6 Å². The number of allylic oxidation sites excluding steroid dienone is 2. The van der Waals surface area contributed by atoms with E-state index >= 15 is 4.39 Å². The van der Waals surface area contributed by atoms with Crippen molar-refractivity contribution in [2.24, 2.45) is 17.1 Å². The molecule has 10 nitrogen and oxygen atoms in total. The van der Waals surface area contributed by atoms with Crippen molar-refractivity contribution < 1.29 is 39.2 Å². The molecule has 4 atom stereocenters. The maximum atomic E-state index is 16.0. The zero-order chi connectivity index (χ0) is 28.6. The van der Waals surface area contributed by atoms with Crippen LogP contribution in [0.5, 0.6) is 5.75 Å². The molecule has 1 aromatic rings. The average Bonchev–Trinajstić information content (AvgIpc) is 3.27. The topological polar surface area (TPSA) is 165 Å². The fraction of sp³-hybridized carbons (Fsp3) is 0.536. The van der Waals surface area contributed by atoms with E-state index in [-0.39, 0.29) is 48.4 Å². The summed E-state index contributed by atoms with van der Waals surface area (Å²) in [6.45, 7) is 1.11. The molecule has 6 N–H and O–H groups in total. The molecule has 11 heteroatoms. The van der Waals surface area contributed by atoms with Crippen molar-refractivity contribution in [2.45, 2.75) is 50.2 Å². The number of primary amides is 1. The quantitative estimate of drug-likeness (QED) is 0.348. The lowest BCUT2D eigenvalue weighted by Crippen LogP contribution is -2.64. The number of likely N-dealkylation sites (tertiary alicyclic amines) is 1. The van der Waals surface area contributed by atoms with Gasteiger partial charge in [0.2, 0.25) is 5.78 Å². The Bertz CT molecular complexity index is 1370. The number of fused-ring (bicyclic) bond motifs is 3. The van der Waals surface area contributed by atoms with Crippen molar-refractivity contribution in [3.63, 3.8) is 0 Å². The molecule has 1 aromatic carbocycles. The lowest BCUT2D eigenvalue weighted by molar-refractivity contribution is -0.160. The summed E-state index contributed by atoms with van der Waals surface area (Å²) in [4.78, 5) is 43.2. The van der Waals surface area contributed by atoms with Crippen LogP contribution in [0.2, 0.25) is 0 Å². The van der Waals surface area contributed by atoms with Crippen molar-refractivity contribution in [3.05, 3.63) is 51.2 Å². The van der Waals surface area contributed by atoms with Gasteiger partial charge in [0.05, 0.1) is 5.56 Å². The highest BCUT2D eigenvalue weighted by Gasteiger charge is 2.67. The molecule has 0 spiro atoms. The van der Waals surface area contributed by atoms with Gasteiger partial charge >= 0.3 is 0 Å². The van der Waals surface area contributed by atoms with Crippen molar-refractivity contribution >= 4 is 17.5 Å². The number of nitrogens with zero attached hydrogens (tertiary/aromatic N) is 2. The predicted octanol–water partition coefficient (Wildman–Crippen LogP) is 1.81. The van der Waals surface area contributed by atoms with Gasteiger partial charge in [0.15, 0.2) is 11.4 Å². The minimum Gasteiger partial charge on any atom is -0.511 e. The van der Waals surface area contributed by atoms with E-state index in [9.17, 15) is 34.8 Å². The van der Waals surface area contributed by atoms with E-state index in [1.54, 1.807) is 19.0 Å². The highest BCUT2D eigenvalue weighted by atomic mass is 19.1. The number of hydrogen-bond acceptors (Lipinski definition) is 9. The Labute approximate surface area is 225 Å². The molecule has 1 amide bonds. The van der Waals surface area contributed by atoms with Crippen LogP contribution in [0, 0.1) is 17.2 Å². The predicted molar refractivity (Wildman–Crippen MR) is 137 cm³/mol. The molecule has 3 aliphatic carbocycles. The highest BCUT2D eigenvalue weighted by Crippen LogP contribution is 2.60. The van der Waals surface area contributed by atoms with Crippen LogP contribution in [0.3, 0.4) is 0 Å². The number of aliphatic hydroxyl groups excluding tert-OH is 2. The van der Waals surface area contributed by atoms with Crippen LogP contribution >= 0.6 is 0 Å². The van der Waals surface area contributed by atoms with Gasteiger partial charge in [-0.15, -0.1) is 0 Å². The maximum absolute atomic E-state index is 16.0. The number of carbonyl (C=O) groups excluding carboxylic acids is 3. The lowest BCUT2D eigenvalue weighted by Gasteiger charge is -2.54. The number of halogens is 1. The van der Waals surface area contributed by atoms with E-state index in [4.69, 9.17) is 5.73 Å². The molecule has 39 heavy (non-hydrogen) atoms. The van der Waals surface area contributed by atoms with Crippen molar-refractivity contribution in [2.75, 3.05) is 34.2 Å². The monoisotopic (exact) mass is 543 g/mol. The Morgan fingerprint density at radius 3 is 2.54 bits per heavy atom. The highest BCUT2D eigenvalue weighted by molar-refractivity contribution is 6.24. The second-order valence-corrected chi connectivity index (χ2v) is 11.7. The summed E-state index contributed by atoms with van der Waals surface area (Å²) in [5, 5.41) is 45.1. The third kappa shape index (κ3) is 3.74. The molecule has 1 aliphatic heterocycles. The van der Waals surface area contributed by atoms with Gasteiger partial charge in [0.1, 0.15) is 28.7 Å². The molecule has 4 aliphatic rings. The molecule has 0 saturated carbocycles. The zero-order valence-electron chi connectivity index (χ0n) is 22.3. The maximum Gasteiger partial charge on any atom is 0.255 e. The number of phenols is 1. The van der Waals surface area contributed by atoms with Crippen LogP contribution in [-0.2, 0) is 16.0 Å². The Morgan fingerprint density at radius 1 is 1.26 bits per heavy atom. The number of amides is 1. The summed E-state index contributed by atoms with van der Waals surface area (Å²) < 4.78 is 16.0. The molecule has 0 radical (unpaired) electrons. The zero-order valence-corrected chi connectivity index (χ0v) is 22.3. The van der Waals surface area contributed by atoms with Gasteiger partial charge < -0.3 is 31.1 Å². The van der Waals surface area contributed by atoms with Crippen molar-refractivity contribution in [1.29, 1.82) is 0 Å². The van der Waals surface area contributed by atoms with Crippen LogP contribution in [0.15, 0.2) is 28.7 Å². The molecule has 1 heterocycles. The molecular formula is C28H34FN3O7. The molecular weight excluding hydrogens is 509 g/mol. The fourth-order valence-electron chi connectivity index (χ4n) is 7.25. The standard InChI is InChI=1S/C28H34FN3O7/c1-31(2)8-6-27-11-13-9-15-20(17(33)10-14(22(15)29)16-5-4-7-32(16)3)23(35)19(13)24(36)28(27,39)25(37)21(26(30)38)18(34)12-27/h10,13,16,33-34,36,39H,4-9,11-12H2,1-3H3,(H2,30,38)/t13?,16?,27-,28-/m0/s1. The molecule has 210 valence electrons. The molecule has 2 unspecified atom stereocenters. The van der Waals surface area contributed by atoms with E-state index in [1.165, 1.54) is 6.07 Å². The molecule has 5 rings (SSSR count). The normalized spacial score (nSPS) is 31.0. The Morgan fingerprint density at radius 2 is 1.95 bits per heavy atom. The minimum absolute atomic E-state index is 0.0322. The van der Waals surface area contributed by atoms with Crippen LogP contribution < -0.4 is 5.73 Å².